The standard InChI is InChI=1S/C48H63N7O13S/c56-35-19-18-32(21-43(62)63)33(35)11-5-2-8-20-67-44-22-37(57)48(66,53-23-29-14-16-31(17-15-29)46(64)30-9-3-1-4-10-30)38(68-44)24-49-40(59)26-51-42(61)27-52-41(60)25-50-39(58)13-7-6-12-36-45-34(28-69-36)54-47(65)55-45/h1-5,9-10,14-17,32-34,36-38,44-45,53,57,66H,6-8,11-13,18-28H2,(H,49,59)(H,50,58)(H,51,61)(H,52,60)(H,62,63)(H2,54,55,65)/b5-2-/t32-,33-,34+,36+,37-,38-,44-,45+,48+/m1/s1. The van der Waals surface area contributed by atoms with Gasteiger partial charge >= 0.3 is 12.0 Å². The molecule has 3 saturated heterocycles. The van der Waals surface area contributed by atoms with E-state index in [1.165, 1.54) is 0 Å². The van der Waals surface area contributed by atoms with Crippen molar-refractivity contribution >= 4 is 59.0 Å². The summed E-state index contributed by atoms with van der Waals surface area (Å²) >= 11 is 1.80. The number of amides is 6. The van der Waals surface area contributed by atoms with Gasteiger partial charge in [-0.05, 0) is 43.6 Å². The Morgan fingerprint density at radius 2 is 1.54 bits per heavy atom. The number of carbonyl (C=O) groups is 8. The maximum Gasteiger partial charge on any atom is 0.315 e. The number of hydrogen-bond donors (Lipinski definition) is 10. The van der Waals surface area contributed by atoms with Crippen LogP contribution < -0.4 is 37.2 Å². The molecule has 0 spiro atoms. The highest BCUT2D eigenvalue weighted by Crippen LogP contribution is 2.35. The first-order valence-corrected chi connectivity index (χ1v) is 24.5. The van der Waals surface area contributed by atoms with Gasteiger partial charge in [-0.1, -0.05) is 73.2 Å². The number of hydrogen-bond acceptors (Lipinski definition) is 14. The van der Waals surface area contributed by atoms with Crippen molar-refractivity contribution in [2.45, 2.75) is 112 Å². The number of thioether (sulfide) groups is 1. The van der Waals surface area contributed by atoms with Crippen molar-refractivity contribution in [3.8, 4) is 0 Å². The maximum absolute atomic E-state index is 12.9. The zero-order chi connectivity index (χ0) is 49.3. The van der Waals surface area contributed by atoms with E-state index in [0.29, 0.717) is 48.8 Å². The average molecular weight is 978 g/mol. The van der Waals surface area contributed by atoms with E-state index in [9.17, 15) is 53.7 Å². The Bertz CT molecular complexity index is 2160. The van der Waals surface area contributed by atoms with Gasteiger partial charge in [-0.3, -0.25) is 38.9 Å². The normalized spacial score (nSPS) is 26.2. The second-order valence-corrected chi connectivity index (χ2v) is 19.0. The molecule has 10 N–H and O–H groups in total. The van der Waals surface area contributed by atoms with Crippen molar-refractivity contribution < 1.29 is 63.1 Å². The number of carbonyl (C=O) groups excluding carboxylic acids is 7. The zero-order valence-electron chi connectivity index (χ0n) is 38.3. The number of aliphatic hydroxyl groups excluding tert-OH is 1. The minimum absolute atomic E-state index is 0.0291. The van der Waals surface area contributed by atoms with E-state index in [4.69, 9.17) is 9.47 Å². The fourth-order valence-electron chi connectivity index (χ4n) is 8.93. The monoisotopic (exact) mass is 977 g/mol. The first-order valence-electron chi connectivity index (χ1n) is 23.4. The number of unbranched alkanes of at least 4 members (excludes halogenated alkanes) is 1. The number of fused-ring (bicyclic) bond motifs is 1. The fourth-order valence-corrected chi connectivity index (χ4v) is 10.5. The Labute approximate surface area is 404 Å². The number of aliphatic carboxylic acids is 1. The average Bonchev–Trinajstić information content (AvgIpc) is 4.01. The summed E-state index contributed by atoms with van der Waals surface area (Å²) in [6, 6.07) is 15.6. The number of carboxylic acid groups (broad SMARTS) is 1. The summed E-state index contributed by atoms with van der Waals surface area (Å²) < 4.78 is 12.0. The lowest BCUT2D eigenvalue weighted by Gasteiger charge is -2.46. The molecule has 4 fully saturated rings. The molecule has 20 nitrogen and oxygen atoms in total. The van der Waals surface area contributed by atoms with Crippen LogP contribution in [0.2, 0.25) is 0 Å². The van der Waals surface area contributed by atoms with E-state index < -0.39 is 61.0 Å². The molecule has 6 amide bonds. The Kier molecular flexibility index (Phi) is 19.7. The number of rotatable bonds is 26. The zero-order valence-corrected chi connectivity index (χ0v) is 39.1. The van der Waals surface area contributed by atoms with Crippen LogP contribution in [0, 0.1) is 11.8 Å². The third-order valence-electron chi connectivity index (χ3n) is 12.8. The summed E-state index contributed by atoms with van der Waals surface area (Å²) in [5.74, 6) is -2.97. The fraction of sp³-hybridized carbons (Fsp3) is 0.542. The lowest BCUT2D eigenvalue weighted by atomic mass is 9.89. The van der Waals surface area contributed by atoms with Crippen molar-refractivity contribution in [2.24, 2.45) is 11.8 Å². The minimum atomic E-state index is -2.11. The lowest BCUT2D eigenvalue weighted by molar-refractivity contribution is -0.293. The van der Waals surface area contributed by atoms with Crippen LogP contribution in [-0.2, 0) is 44.8 Å². The molecule has 9 atom stereocenters. The molecule has 3 heterocycles. The molecule has 2 aromatic rings. The number of carboxylic acids is 1. The van der Waals surface area contributed by atoms with Crippen molar-refractivity contribution in [1.82, 2.24) is 37.2 Å². The molecule has 0 unspecified atom stereocenters. The van der Waals surface area contributed by atoms with E-state index in [-0.39, 0.29) is 98.2 Å². The van der Waals surface area contributed by atoms with Gasteiger partial charge in [-0.15, -0.1) is 0 Å². The minimum Gasteiger partial charge on any atom is -0.481 e. The Hall–Kier alpha value is -5.71. The highest BCUT2D eigenvalue weighted by Gasteiger charge is 2.50. The summed E-state index contributed by atoms with van der Waals surface area (Å²) in [5, 5.41) is 51.5. The first kappa shape index (κ1) is 52.7. The largest absolute Gasteiger partial charge is 0.481 e. The van der Waals surface area contributed by atoms with Gasteiger partial charge in [0, 0.05) is 66.8 Å². The number of benzene rings is 2. The summed E-state index contributed by atoms with van der Waals surface area (Å²) in [6.07, 6.45) is 3.95. The quantitative estimate of drug-likeness (QED) is 0.0205. The van der Waals surface area contributed by atoms with E-state index >= 15 is 0 Å². The van der Waals surface area contributed by atoms with E-state index in [0.717, 1.165) is 18.6 Å². The molecular weight excluding hydrogens is 915 g/mol. The van der Waals surface area contributed by atoms with Crippen LogP contribution in [0.1, 0.15) is 85.7 Å². The van der Waals surface area contributed by atoms with Gasteiger partial charge in [0.15, 0.2) is 17.8 Å². The number of urea groups is 1. The van der Waals surface area contributed by atoms with E-state index in [2.05, 4.69) is 37.2 Å². The van der Waals surface area contributed by atoms with E-state index in [1.54, 1.807) is 60.3 Å². The van der Waals surface area contributed by atoms with Crippen molar-refractivity contribution in [2.75, 3.05) is 38.5 Å². The van der Waals surface area contributed by atoms with Crippen molar-refractivity contribution in [1.29, 1.82) is 0 Å². The molecule has 374 valence electrons. The number of ether oxygens (including phenoxy) is 2. The number of aliphatic hydroxyl groups is 2. The van der Waals surface area contributed by atoms with E-state index in [1.807, 2.05) is 18.2 Å². The van der Waals surface area contributed by atoms with Gasteiger partial charge in [0.1, 0.15) is 18.0 Å². The van der Waals surface area contributed by atoms with Gasteiger partial charge in [0.05, 0.1) is 38.3 Å². The van der Waals surface area contributed by atoms with Gasteiger partial charge in [-0.25, -0.2) is 4.79 Å². The second-order valence-electron chi connectivity index (χ2n) is 17.7. The van der Waals surface area contributed by atoms with Gasteiger partial charge in [-0.2, -0.15) is 11.8 Å². The van der Waals surface area contributed by atoms with Crippen LogP contribution in [0.3, 0.4) is 0 Å². The number of allylic oxidation sites excluding steroid dienone is 1. The maximum atomic E-state index is 12.9. The topological polar surface area (TPSA) is 300 Å². The molecule has 3 aliphatic heterocycles. The molecule has 0 aromatic heterocycles. The molecule has 2 aromatic carbocycles. The molecule has 6 rings (SSSR count). The van der Waals surface area contributed by atoms with Gasteiger partial charge in [0.25, 0.3) is 0 Å². The highest BCUT2D eigenvalue weighted by molar-refractivity contribution is 8.00. The third-order valence-corrected chi connectivity index (χ3v) is 14.3. The molecule has 1 saturated carbocycles. The molecule has 4 aliphatic rings. The number of nitrogens with one attached hydrogen (secondary N) is 7. The number of ketones is 2. The molecule has 0 bridgehead atoms. The predicted molar refractivity (Wildman–Crippen MR) is 251 cm³/mol. The van der Waals surface area contributed by atoms with Crippen LogP contribution in [-0.4, -0.2) is 143 Å². The van der Waals surface area contributed by atoms with Crippen LogP contribution in [0.15, 0.2) is 66.7 Å². The predicted octanol–water partition coefficient (Wildman–Crippen LogP) is 0.785. The van der Waals surface area contributed by atoms with Crippen molar-refractivity contribution in [3.63, 3.8) is 0 Å². The number of Topliss-reactive ketones (excluding diaryl/α,β-unsaturated/α-hetero) is 1. The second kappa shape index (κ2) is 25.8. The van der Waals surface area contributed by atoms with Crippen LogP contribution >= 0.6 is 11.8 Å². The molecule has 21 heteroatoms. The first-order chi connectivity index (χ1) is 33.2. The van der Waals surface area contributed by atoms with Crippen LogP contribution in [0.4, 0.5) is 4.79 Å². The van der Waals surface area contributed by atoms with Crippen LogP contribution in [0.25, 0.3) is 0 Å². The SMILES string of the molecule is O=C(O)C[C@H]1CCC(=O)[C@@H]1C/C=C\CCO[C@H]1C[C@@H](O)[C@@](O)(NCc2ccc(C(=O)c3ccccc3)cc2)[C@@H](CNC(=O)CNC(=O)CNC(=O)CNC(=O)CCCC[C@@H]2SC[C@@H]3NC(=O)N[C@@H]32)O1. The van der Waals surface area contributed by atoms with Crippen molar-refractivity contribution in [3.05, 3.63) is 83.4 Å². The van der Waals surface area contributed by atoms with Crippen LogP contribution in [0.5, 0.6) is 0 Å². The van der Waals surface area contributed by atoms with Gasteiger partial charge < -0.3 is 56.7 Å². The summed E-state index contributed by atoms with van der Waals surface area (Å²) in [7, 11) is 0. The summed E-state index contributed by atoms with van der Waals surface area (Å²) in [5.41, 5.74) is -0.448. The molecule has 1 aliphatic carbocycles. The lowest BCUT2D eigenvalue weighted by Crippen LogP contribution is -2.69. The Balaban J connectivity index is 0.931. The molecule has 69 heavy (non-hydrogen) atoms. The summed E-state index contributed by atoms with van der Waals surface area (Å²) in [4.78, 5) is 98.1. The third kappa shape index (κ3) is 15.6. The highest BCUT2D eigenvalue weighted by atomic mass is 32.2. The Morgan fingerprint density at radius 3 is 2.25 bits per heavy atom. The summed E-state index contributed by atoms with van der Waals surface area (Å²) in [6.45, 7) is -1.46. The van der Waals surface area contributed by atoms with Gasteiger partial charge in [0.2, 0.25) is 23.6 Å². The smallest absolute Gasteiger partial charge is 0.315 e. The Morgan fingerprint density at radius 1 is 0.855 bits per heavy atom. The molecule has 0 radical (unpaired) electrons. The molecular formula is C48H63N7O13S.